The van der Waals surface area contributed by atoms with Crippen LogP contribution in [-0.4, -0.2) is 195 Å². The minimum atomic E-state index is -4.94. The van der Waals surface area contributed by atoms with Crippen LogP contribution in [0, 0.1) is 41.0 Å². The van der Waals surface area contributed by atoms with Gasteiger partial charge in [-0.1, -0.05) is 157 Å². The van der Waals surface area contributed by atoms with Crippen LogP contribution in [0.25, 0.3) is 0 Å². The van der Waals surface area contributed by atoms with Crippen LogP contribution >= 0.6 is 0 Å². The summed E-state index contributed by atoms with van der Waals surface area (Å²) >= 11 is 0. The summed E-state index contributed by atoms with van der Waals surface area (Å²) in [7, 11) is -19.8. The van der Waals surface area contributed by atoms with Gasteiger partial charge in [0.25, 0.3) is 0 Å². The van der Waals surface area contributed by atoms with Gasteiger partial charge in [0.1, 0.15) is 34.5 Å². The number of halogens is 4. The molecule has 42 heteroatoms. The second-order valence-corrected chi connectivity index (χ2v) is 30.4. The minimum Gasteiger partial charge on any atom is -0.492 e. The van der Waals surface area contributed by atoms with Crippen molar-refractivity contribution in [1.29, 1.82) is 0 Å². The Labute approximate surface area is 772 Å². The molecule has 0 amide bonds. The molecule has 6 aromatic rings. The normalized spacial score (nSPS) is 11.6. The summed E-state index contributed by atoms with van der Waals surface area (Å²) in [4.78, 5) is 59.6. The van der Waals surface area contributed by atoms with Crippen molar-refractivity contribution in [2.24, 2.45) is 30.0 Å². The average Bonchev–Trinajstić information content (AvgIpc) is 0.937. The molecule has 0 saturated heterocycles. The summed E-state index contributed by atoms with van der Waals surface area (Å²) in [5, 5.41) is 0. The number of hydrogen-bond donors (Lipinski definition) is 0. The van der Waals surface area contributed by atoms with E-state index in [-0.39, 0.29) is 34.1 Å². The van der Waals surface area contributed by atoms with Crippen LogP contribution in [-0.2, 0) is 34.1 Å². The Morgan fingerprint density at radius 1 is 0.230 bits per heavy atom. The topological polar surface area (TPSA) is 582 Å². The fourth-order valence-corrected chi connectivity index (χ4v) is 10.4. The summed E-state index contributed by atoms with van der Waals surface area (Å²) in [6, 6.07) is 23.5. The van der Waals surface area contributed by atoms with Gasteiger partial charge < -0.3 is 28.4 Å². The molecule has 0 aromatic carbocycles. The SMILES string of the molecule is CCCCCCOc1ccc(C=NCCN(CCN=Cc2ccc(OCCCCCC)cn2)CCN=Cc2ccc(OCCCCCC)cn2)nc1.CCCCCCOc1ccc(C=NCCN(CCN=Cc2ccc(OCCCCCC)cn2)CCN=Cc2ccc(OCCCCCC)cn2)nc1.[Fe+2].[Fe+2].[O-][Cl+3]([O-])([O-])[O-].[O-][Cl+3]([O-])([O-])[O-].[O-][Cl+3]([O-])([O-])[O-].[O-][Cl+3]([O-])([O-])[O-]. The maximum atomic E-state index is 8.49. The van der Waals surface area contributed by atoms with Gasteiger partial charge in [0.2, 0.25) is 0 Å². The Kier molecular flexibility index (Phi) is 76.2. The van der Waals surface area contributed by atoms with E-state index in [0.717, 1.165) is 186 Å². The largest absolute Gasteiger partial charge is 2.00 e. The van der Waals surface area contributed by atoms with Gasteiger partial charge >= 0.3 is 34.1 Å². The van der Waals surface area contributed by atoms with Crippen LogP contribution in [0.1, 0.15) is 230 Å². The molecule has 126 heavy (non-hydrogen) atoms. The molecular formula is C84H126Cl4Fe2N14O22. The van der Waals surface area contributed by atoms with Gasteiger partial charge in [-0.25, -0.2) is 74.5 Å². The Bertz CT molecular complexity index is 3060. The maximum Gasteiger partial charge on any atom is 2.00 e. The summed E-state index contributed by atoms with van der Waals surface area (Å²) in [5.74, 6) is 4.81. The number of rotatable bonds is 60. The fraction of sp³-hybridized carbons (Fsp3) is 0.571. The number of ether oxygens (including phenoxy) is 6. The van der Waals surface area contributed by atoms with E-state index in [1.807, 2.05) is 110 Å². The average molecular weight is 1940 g/mol. The fourth-order valence-electron chi connectivity index (χ4n) is 10.4. The standard InChI is InChI=1S/2C42H63N7O3.4ClHO4.2Fe/c2*1-4-7-10-13-28-50-40-19-16-37(46-34-40)31-43-22-25-49(26-23-44-32-38-17-20-41(35-47-38)51-29-14-11-8-5-2)27-24-45-33-39-18-21-42(36-48-39)52-30-15-12-9-6-3;4*2-1(3,4)5;;/h2*16-21,31-36H,4-15,22-30H2,1-3H3;4*(H,2,3,4,5);;/q;;;;;;2*+2/p-4. The van der Waals surface area contributed by atoms with Gasteiger partial charge in [-0.3, -0.25) is 69.7 Å². The van der Waals surface area contributed by atoms with Crippen molar-refractivity contribution in [3.63, 3.8) is 0 Å². The van der Waals surface area contributed by atoms with Crippen molar-refractivity contribution < 1.29 is 178 Å². The van der Waals surface area contributed by atoms with Crippen LogP contribution in [0.5, 0.6) is 34.5 Å². The Morgan fingerprint density at radius 3 is 0.476 bits per heavy atom. The second-order valence-electron chi connectivity index (χ2n) is 27.4. The zero-order valence-electron chi connectivity index (χ0n) is 73.0. The molecule has 6 heterocycles. The van der Waals surface area contributed by atoms with Crippen LogP contribution in [0.15, 0.2) is 140 Å². The Balaban J connectivity index is 0. The second kappa shape index (κ2) is 79.2. The molecule has 0 radical (unpaired) electrons. The molecule has 0 atom stereocenters. The first-order chi connectivity index (χ1) is 59.4. The summed E-state index contributed by atoms with van der Waals surface area (Å²) in [6.45, 7) is 26.2. The van der Waals surface area contributed by atoms with Crippen molar-refractivity contribution in [2.45, 2.75) is 196 Å². The van der Waals surface area contributed by atoms with Crippen molar-refractivity contribution in [2.75, 3.05) is 118 Å². The van der Waals surface area contributed by atoms with E-state index in [9.17, 15) is 0 Å². The van der Waals surface area contributed by atoms with Crippen LogP contribution in [0.4, 0.5) is 0 Å². The molecule has 0 N–H and O–H groups in total. The first-order valence-electron chi connectivity index (χ1n) is 41.8. The molecule has 0 bridgehead atoms. The van der Waals surface area contributed by atoms with Crippen LogP contribution in [0.3, 0.4) is 0 Å². The maximum absolute atomic E-state index is 8.49. The molecule has 708 valence electrons. The van der Waals surface area contributed by atoms with Gasteiger partial charge in [-0.05, 0) is 111 Å². The van der Waals surface area contributed by atoms with Crippen molar-refractivity contribution in [3.8, 4) is 34.5 Å². The first-order valence-corrected chi connectivity index (χ1v) is 46.8. The smallest absolute Gasteiger partial charge is 0.492 e. The van der Waals surface area contributed by atoms with Gasteiger partial charge in [0.05, 0.1) is 150 Å². The monoisotopic (exact) mass is 1930 g/mol. The number of aromatic nitrogens is 6. The number of hydrogen-bond acceptors (Lipinski definition) is 36. The summed E-state index contributed by atoms with van der Waals surface area (Å²) in [6.07, 6.45) is 50.1. The molecule has 36 nitrogen and oxygen atoms in total. The number of nitrogens with zero attached hydrogens (tertiary/aromatic N) is 14. The zero-order valence-corrected chi connectivity index (χ0v) is 78.2. The van der Waals surface area contributed by atoms with Gasteiger partial charge in [0, 0.05) is 76.6 Å². The minimum absolute atomic E-state index is 0. The molecule has 6 rings (SSSR count). The Hall–Kier alpha value is -6.80. The third-order valence-electron chi connectivity index (χ3n) is 16.8. The summed E-state index contributed by atoms with van der Waals surface area (Å²) < 4.78 is 171. The molecule has 0 aliphatic carbocycles. The number of pyridine rings is 6. The van der Waals surface area contributed by atoms with Crippen molar-refractivity contribution in [3.05, 3.63) is 144 Å². The van der Waals surface area contributed by atoms with Gasteiger partial charge in [-0.15, -0.1) is 41.0 Å². The van der Waals surface area contributed by atoms with E-state index in [1.165, 1.54) is 116 Å². The van der Waals surface area contributed by atoms with E-state index in [0.29, 0.717) is 39.3 Å². The zero-order chi connectivity index (χ0) is 91.5. The molecule has 0 fully saturated rings. The van der Waals surface area contributed by atoms with Crippen molar-refractivity contribution >= 4 is 37.3 Å². The van der Waals surface area contributed by atoms with Crippen LogP contribution in [0.2, 0.25) is 0 Å². The number of unbranched alkanes of at least 4 members (excludes halogenated alkanes) is 18. The molecule has 0 aliphatic rings. The third kappa shape index (κ3) is 84.1. The van der Waals surface area contributed by atoms with E-state index in [1.54, 1.807) is 37.2 Å². The van der Waals surface area contributed by atoms with E-state index in [2.05, 4.69) is 111 Å². The molecule has 0 saturated carbocycles. The van der Waals surface area contributed by atoms with Gasteiger partial charge in [-0.2, -0.15) is 0 Å². The van der Waals surface area contributed by atoms with E-state index in [4.69, 9.17) is 103 Å². The van der Waals surface area contributed by atoms with E-state index < -0.39 is 41.0 Å². The molecule has 0 unspecified atom stereocenters. The van der Waals surface area contributed by atoms with Crippen molar-refractivity contribution in [1.82, 2.24) is 39.7 Å². The quantitative estimate of drug-likeness (QED) is 0.0235. The predicted octanol–water partition coefficient (Wildman–Crippen LogP) is -1.61. The molecule has 0 spiro atoms. The third-order valence-corrected chi connectivity index (χ3v) is 16.8. The van der Waals surface area contributed by atoms with Gasteiger partial charge in [0.15, 0.2) is 0 Å². The first kappa shape index (κ1) is 121. The molecular weight excluding hydrogens is 1810 g/mol. The van der Waals surface area contributed by atoms with Crippen LogP contribution < -0.4 is 103 Å². The van der Waals surface area contributed by atoms with E-state index >= 15 is 0 Å². The summed E-state index contributed by atoms with van der Waals surface area (Å²) in [5.41, 5.74) is 4.92. The number of aliphatic imine (C=N–C) groups is 6. The Morgan fingerprint density at radius 2 is 0.365 bits per heavy atom. The predicted molar refractivity (Wildman–Crippen MR) is 431 cm³/mol. The molecule has 0 aliphatic heterocycles. The molecule has 6 aromatic heterocycles.